The topological polar surface area (TPSA) is 55.4 Å². The molecule has 2 atom stereocenters. The minimum Gasteiger partial charge on any atom is -0.444 e. The highest BCUT2D eigenvalue weighted by Crippen LogP contribution is 2.55. The second kappa shape index (κ2) is 6.33. The lowest BCUT2D eigenvalue weighted by Crippen LogP contribution is -2.35. The monoisotopic (exact) mass is 357 g/mol. The van der Waals surface area contributed by atoms with Crippen molar-refractivity contribution < 1.29 is 14.3 Å². The molecular weight excluding hydrogens is 337 g/mol. The lowest BCUT2D eigenvalue weighted by Gasteiger charge is -2.20. The van der Waals surface area contributed by atoms with Crippen molar-refractivity contribution in [1.29, 1.82) is 0 Å². The van der Waals surface area contributed by atoms with Crippen molar-refractivity contribution in [1.82, 2.24) is 5.32 Å². The Balaban J connectivity index is 2.07. The Labute approximate surface area is 146 Å². The van der Waals surface area contributed by atoms with Crippen LogP contribution in [0.3, 0.4) is 0 Å². The second-order valence-corrected chi connectivity index (χ2v) is 7.75. The van der Waals surface area contributed by atoms with Crippen LogP contribution in [0.1, 0.15) is 39.7 Å². The molecule has 1 unspecified atom stereocenters. The largest absolute Gasteiger partial charge is 0.444 e. The maximum Gasteiger partial charge on any atom is 0.407 e. The number of carbonyl (C=O) groups is 2. The third-order valence-electron chi connectivity index (χ3n) is 4.06. The van der Waals surface area contributed by atoms with Gasteiger partial charge in [-0.15, -0.1) is 0 Å². The Bertz CT molecular complexity index is 639. The minimum atomic E-state index is -0.594. The zero-order valence-corrected chi connectivity index (χ0v) is 15.2. The number of amides is 1. The third-order valence-corrected chi connectivity index (χ3v) is 4.80. The highest BCUT2D eigenvalue weighted by molar-refractivity contribution is 6.42. The van der Waals surface area contributed by atoms with Gasteiger partial charge in [-0.2, -0.15) is 0 Å². The van der Waals surface area contributed by atoms with Gasteiger partial charge in [0.05, 0.1) is 15.5 Å². The van der Waals surface area contributed by atoms with E-state index in [4.69, 9.17) is 27.9 Å². The minimum absolute atomic E-state index is 0.0322. The van der Waals surface area contributed by atoms with Crippen LogP contribution in [0.2, 0.25) is 10.0 Å². The number of ether oxygens (including phenoxy) is 1. The molecule has 0 saturated heterocycles. The molecule has 1 amide bonds. The van der Waals surface area contributed by atoms with Gasteiger partial charge in [0, 0.05) is 6.54 Å². The molecule has 23 heavy (non-hydrogen) atoms. The summed E-state index contributed by atoms with van der Waals surface area (Å²) in [5.74, 6) is 0.0941. The van der Waals surface area contributed by atoms with E-state index >= 15 is 0 Å². The molecule has 1 aliphatic carbocycles. The summed E-state index contributed by atoms with van der Waals surface area (Å²) in [6, 6.07) is 5.25. The molecule has 0 aliphatic heterocycles. The van der Waals surface area contributed by atoms with E-state index in [1.54, 1.807) is 39.8 Å². The Morgan fingerprint density at radius 2 is 1.96 bits per heavy atom. The van der Waals surface area contributed by atoms with Gasteiger partial charge in [0.25, 0.3) is 0 Å². The van der Waals surface area contributed by atoms with E-state index in [0.29, 0.717) is 23.0 Å². The number of Topliss-reactive ketones (excluding diaryl/α,β-unsaturated/α-hetero) is 1. The maximum absolute atomic E-state index is 12.2. The van der Waals surface area contributed by atoms with E-state index < -0.39 is 17.1 Å². The van der Waals surface area contributed by atoms with Gasteiger partial charge in [0.2, 0.25) is 0 Å². The van der Waals surface area contributed by atoms with Crippen molar-refractivity contribution >= 4 is 35.1 Å². The number of ketones is 1. The van der Waals surface area contributed by atoms with Gasteiger partial charge in [-0.25, -0.2) is 4.79 Å². The van der Waals surface area contributed by atoms with Crippen LogP contribution in [-0.2, 0) is 14.9 Å². The molecule has 4 nitrogen and oxygen atoms in total. The SMILES string of the molecule is CC(=O)[C@]1(c2ccc(Cl)c(Cl)c2)CC1CNC(=O)OC(C)(C)C. The number of halogens is 2. The molecule has 1 N–H and O–H groups in total. The van der Waals surface area contributed by atoms with Crippen LogP contribution in [0.25, 0.3) is 0 Å². The van der Waals surface area contributed by atoms with Gasteiger partial charge >= 0.3 is 6.09 Å². The molecule has 1 aliphatic rings. The predicted octanol–water partition coefficient (Wildman–Crippen LogP) is 4.36. The van der Waals surface area contributed by atoms with E-state index in [0.717, 1.165) is 5.56 Å². The highest BCUT2D eigenvalue weighted by Gasteiger charge is 2.58. The zero-order chi connectivity index (χ0) is 17.4. The molecule has 1 saturated carbocycles. The normalized spacial score (nSPS) is 23.3. The summed E-state index contributed by atoms with van der Waals surface area (Å²) in [4.78, 5) is 23.9. The van der Waals surface area contributed by atoms with E-state index in [9.17, 15) is 9.59 Å². The molecule has 6 heteroatoms. The number of benzene rings is 1. The predicted molar refractivity (Wildman–Crippen MR) is 91.2 cm³/mol. The van der Waals surface area contributed by atoms with E-state index in [1.807, 2.05) is 6.07 Å². The summed E-state index contributed by atoms with van der Waals surface area (Å²) in [6.45, 7) is 7.36. The second-order valence-electron chi connectivity index (χ2n) is 6.94. The standard InChI is InChI=1S/C17H21Cl2NO3/c1-10(21)17(11-5-6-13(18)14(19)7-11)8-12(17)9-20-15(22)23-16(2,3)4/h5-7,12H,8-9H2,1-4H3,(H,20,22)/t12?,17-/m0/s1. The lowest BCUT2D eigenvalue weighted by molar-refractivity contribution is -0.119. The Kier molecular flexibility index (Phi) is 4.97. The lowest BCUT2D eigenvalue weighted by atomic mass is 9.89. The van der Waals surface area contributed by atoms with Gasteiger partial charge in [0.15, 0.2) is 0 Å². The van der Waals surface area contributed by atoms with Crippen molar-refractivity contribution in [2.45, 2.75) is 45.1 Å². The summed E-state index contributed by atoms with van der Waals surface area (Å²) >= 11 is 12.0. The molecule has 1 fully saturated rings. The number of nitrogens with one attached hydrogen (secondary N) is 1. The summed E-state index contributed by atoms with van der Waals surface area (Å²) in [5.41, 5.74) is -0.298. The molecule has 1 aromatic carbocycles. The van der Waals surface area contributed by atoms with Crippen LogP contribution in [-0.4, -0.2) is 24.0 Å². The Morgan fingerprint density at radius 1 is 1.30 bits per heavy atom. The van der Waals surface area contributed by atoms with Crippen LogP contribution in [0.4, 0.5) is 4.79 Å². The van der Waals surface area contributed by atoms with Crippen molar-refractivity contribution in [3.8, 4) is 0 Å². The van der Waals surface area contributed by atoms with Crippen LogP contribution >= 0.6 is 23.2 Å². The summed E-state index contributed by atoms with van der Waals surface area (Å²) < 4.78 is 5.21. The molecule has 126 valence electrons. The summed E-state index contributed by atoms with van der Waals surface area (Å²) in [7, 11) is 0. The van der Waals surface area contributed by atoms with E-state index in [-0.39, 0.29) is 11.7 Å². The number of hydrogen-bond donors (Lipinski definition) is 1. The van der Waals surface area contributed by atoms with Gasteiger partial charge in [-0.3, -0.25) is 4.79 Å². The number of alkyl carbamates (subject to hydrolysis) is 1. The first kappa shape index (κ1) is 18.1. The molecule has 2 rings (SSSR count). The molecule has 0 spiro atoms. The van der Waals surface area contributed by atoms with Crippen LogP contribution in [0.5, 0.6) is 0 Å². The highest BCUT2D eigenvalue weighted by atomic mass is 35.5. The van der Waals surface area contributed by atoms with Crippen molar-refractivity contribution in [2.75, 3.05) is 6.54 Å². The maximum atomic E-state index is 12.2. The smallest absolute Gasteiger partial charge is 0.407 e. The Hall–Kier alpha value is -1.26. The van der Waals surface area contributed by atoms with Gasteiger partial charge < -0.3 is 10.1 Å². The average molecular weight is 358 g/mol. The van der Waals surface area contributed by atoms with Crippen molar-refractivity contribution in [3.63, 3.8) is 0 Å². The first-order chi connectivity index (χ1) is 10.6. The van der Waals surface area contributed by atoms with E-state index in [2.05, 4.69) is 5.32 Å². The summed E-state index contributed by atoms with van der Waals surface area (Å²) in [5, 5.41) is 3.62. The van der Waals surface area contributed by atoms with E-state index in [1.165, 1.54) is 0 Å². The molecule has 0 heterocycles. The fourth-order valence-corrected chi connectivity index (χ4v) is 3.16. The molecule has 0 bridgehead atoms. The molecular formula is C17H21Cl2NO3. The molecule has 1 aromatic rings. The van der Waals surface area contributed by atoms with Crippen molar-refractivity contribution in [3.05, 3.63) is 33.8 Å². The fraction of sp³-hybridized carbons (Fsp3) is 0.529. The third kappa shape index (κ3) is 3.99. The average Bonchev–Trinajstić information content (AvgIpc) is 3.13. The first-order valence-electron chi connectivity index (χ1n) is 7.49. The summed E-state index contributed by atoms with van der Waals surface area (Å²) in [6.07, 6.45) is 0.201. The number of hydrogen-bond acceptors (Lipinski definition) is 3. The fourth-order valence-electron chi connectivity index (χ4n) is 2.86. The number of carbonyl (C=O) groups excluding carboxylic acids is 2. The van der Waals surface area contributed by atoms with Crippen LogP contribution in [0, 0.1) is 5.92 Å². The van der Waals surface area contributed by atoms with Gasteiger partial charge in [-0.05, 0) is 57.7 Å². The van der Waals surface area contributed by atoms with Crippen LogP contribution in [0.15, 0.2) is 18.2 Å². The number of rotatable bonds is 4. The molecule has 0 radical (unpaired) electrons. The zero-order valence-electron chi connectivity index (χ0n) is 13.7. The first-order valence-corrected chi connectivity index (χ1v) is 8.25. The Morgan fingerprint density at radius 3 is 2.48 bits per heavy atom. The van der Waals surface area contributed by atoms with Gasteiger partial charge in [0.1, 0.15) is 11.4 Å². The molecule has 0 aromatic heterocycles. The van der Waals surface area contributed by atoms with Gasteiger partial charge in [-0.1, -0.05) is 29.3 Å². The van der Waals surface area contributed by atoms with Crippen molar-refractivity contribution in [2.24, 2.45) is 5.92 Å². The van der Waals surface area contributed by atoms with Crippen LogP contribution < -0.4 is 5.32 Å². The quantitative estimate of drug-likeness (QED) is 0.870.